The molecule has 25 heavy (non-hydrogen) atoms. The second-order valence-corrected chi connectivity index (χ2v) is 7.61. The quantitative estimate of drug-likeness (QED) is 0.250. The molecule has 0 amide bonds. The van der Waals surface area contributed by atoms with Gasteiger partial charge in [0.05, 0.1) is 12.7 Å². The lowest BCUT2D eigenvalue weighted by atomic mass is 9.85. The van der Waals surface area contributed by atoms with E-state index in [1.807, 2.05) is 7.05 Å². The second-order valence-electron chi connectivity index (χ2n) is 7.61. The van der Waals surface area contributed by atoms with E-state index in [4.69, 9.17) is 9.47 Å². The molecular formula is C19H36IN3O2. The molecule has 3 atom stereocenters. The molecule has 0 aromatic heterocycles. The van der Waals surface area contributed by atoms with Crippen LogP contribution in [-0.4, -0.2) is 51.5 Å². The maximum Gasteiger partial charge on any atom is 0.191 e. The van der Waals surface area contributed by atoms with Crippen LogP contribution in [-0.2, 0) is 9.47 Å². The highest BCUT2D eigenvalue weighted by Gasteiger charge is 2.43. The van der Waals surface area contributed by atoms with Gasteiger partial charge in [-0.3, -0.25) is 4.99 Å². The van der Waals surface area contributed by atoms with Gasteiger partial charge in [0.2, 0.25) is 0 Å². The lowest BCUT2D eigenvalue weighted by molar-refractivity contribution is 0.0168. The summed E-state index contributed by atoms with van der Waals surface area (Å²) in [5.41, 5.74) is 0. The van der Waals surface area contributed by atoms with E-state index in [1.54, 1.807) is 0 Å². The fourth-order valence-corrected chi connectivity index (χ4v) is 4.21. The van der Waals surface area contributed by atoms with Crippen molar-refractivity contribution in [2.75, 3.05) is 33.4 Å². The van der Waals surface area contributed by atoms with Crippen molar-refractivity contribution in [3.63, 3.8) is 0 Å². The summed E-state index contributed by atoms with van der Waals surface area (Å²) in [6.45, 7) is 3.35. The lowest BCUT2D eigenvalue weighted by Gasteiger charge is -2.22. The molecule has 2 aliphatic carbocycles. The normalized spacial score (nSPS) is 30.0. The topological polar surface area (TPSA) is 54.9 Å². The third-order valence-electron chi connectivity index (χ3n) is 5.73. The van der Waals surface area contributed by atoms with Gasteiger partial charge in [-0.15, -0.1) is 24.0 Å². The average Bonchev–Trinajstić information content (AvgIpc) is 3.19. The van der Waals surface area contributed by atoms with Crippen LogP contribution in [0.25, 0.3) is 0 Å². The van der Waals surface area contributed by atoms with Gasteiger partial charge in [-0.2, -0.15) is 0 Å². The first-order valence-electron chi connectivity index (χ1n) is 10.0. The molecule has 3 fully saturated rings. The van der Waals surface area contributed by atoms with E-state index in [-0.39, 0.29) is 24.0 Å². The second kappa shape index (κ2) is 11.6. The summed E-state index contributed by atoms with van der Waals surface area (Å²) in [5.74, 6) is 2.80. The molecule has 1 heterocycles. The zero-order valence-electron chi connectivity index (χ0n) is 15.7. The standard InChI is InChI=1S/C19H35N3O2.HI/c1-20-19(21-10-6-11-23-14-16-9-5-12-24-16)22-18-13-17(18)15-7-3-2-4-8-15;/h15-18H,2-14H2,1H3,(H2,20,21,22);1H. The Labute approximate surface area is 170 Å². The number of rotatable bonds is 8. The minimum atomic E-state index is 0. The van der Waals surface area contributed by atoms with Crippen LogP contribution in [0.3, 0.4) is 0 Å². The van der Waals surface area contributed by atoms with Gasteiger partial charge in [-0.1, -0.05) is 32.1 Å². The summed E-state index contributed by atoms with van der Waals surface area (Å²) in [6.07, 6.45) is 12.2. The van der Waals surface area contributed by atoms with E-state index in [1.165, 1.54) is 44.9 Å². The van der Waals surface area contributed by atoms with Crippen LogP contribution in [0.15, 0.2) is 4.99 Å². The summed E-state index contributed by atoms with van der Waals surface area (Å²) in [5, 5.41) is 7.02. The third kappa shape index (κ3) is 7.21. The molecule has 2 N–H and O–H groups in total. The van der Waals surface area contributed by atoms with Gasteiger partial charge in [0.1, 0.15) is 0 Å². The van der Waals surface area contributed by atoms with Crippen molar-refractivity contribution in [1.82, 2.24) is 10.6 Å². The Hall–Kier alpha value is -0.0800. The predicted octanol–water partition coefficient (Wildman–Crippen LogP) is 3.32. The summed E-state index contributed by atoms with van der Waals surface area (Å²) in [7, 11) is 1.86. The Kier molecular flexibility index (Phi) is 9.84. The number of nitrogens with zero attached hydrogens (tertiary/aromatic N) is 1. The minimum absolute atomic E-state index is 0. The van der Waals surface area contributed by atoms with E-state index in [2.05, 4.69) is 15.6 Å². The molecule has 1 saturated heterocycles. The van der Waals surface area contributed by atoms with Gasteiger partial charge in [0, 0.05) is 32.8 Å². The van der Waals surface area contributed by atoms with E-state index in [0.717, 1.165) is 57.0 Å². The highest BCUT2D eigenvalue weighted by molar-refractivity contribution is 14.0. The first-order chi connectivity index (χ1) is 11.9. The maximum atomic E-state index is 5.70. The Morgan fingerprint density at radius 3 is 2.72 bits per heavy atom. The number of nitrogens with one attached hydrogen (secondary N) is 2. The Morgan fingerprint density at radius 1 is 1.16 bits per heavy atom. The van der Waals surface area contributed by atoms with E-state index < -0.39 is 0 Å². The molecule has 6 heteroatoms. The number of aliphatic imine (C=N–C) groups is 1. The molecule has 3 aliphatic rings. The van der Waals surface area contributed by atoms with E-state index in [0.29, 0.717) is 12.1 Å². The van der Waals surface area contributed by atoms with Gasteiger partial charge >= 0.3 is 0 Å². The minimum Gasteiger partial charge on any atom is -0.379 e. The molecule has 2 saturated carbocycles. The SMILES string of the molecule is CN=C(NCCCOCC1CCCO1)NC1CC1C1CCCCC1.I. The summed E-state index contributed by atoms with van der Waals surface area (Å²) >= 11 is 0. The molecular weight excluding hydrogens is 429 g/mol. The zero-order chi connectivity index (χ0) is 16.6. The molecule has 146 valence electrons. The van der Waals surface area contributed by atoms with Crippen LogP contribution in [0.1, 0.15) is 57.8 Å². The van der Waals surface area contributed by atoms with Gasteiger partial charge in [0.15, 0.2) is 5.96 Å². The van der Waals surface area contributed by atoms with E-state index in [9.17, 15) is 0 Å². The van der Waals surface area contributed by atoms with Crippen LogP contribution < -0.4 is 10.6 Å². The summed E-state index contributed by atoms with van der Waals surface area (Å²) < 4.78 is 11.3. The van der Waals surface area contributed by atoms with Gasteiger partial charge in [-0.05, 0) is 37.5 Å². The molecule has 0 aromatic carbocycles. The van der Waals surface area contributed by atoms with Crippen molar-refractivity contribution < 1.29 is 9.47 Å². The Morgan fingerprint density at radius 2 is 2.00 bits per heavy atom. The maximum absolute atomic E-state index is 5.70. The van der Waals surface area contributed by atoms with Crippen LogP contribution in [0, 0.1) is 11.8 Å². The predicted molar refractivity (Wildman–Crippen MR) is 113 cm³/mol. The van der Waals surface area contributed by atoms with Crippen molar-refractivity contribution >= 4 is 29.9 Å². The van der Waals surface area contributed by atoms with Crippen LogP contribution in [0.5, 0.6) is 0 Å². The molecule has 0 spiro atoms. The highest BCUT2D eigenvalue weighted by atomic mass is 127. The number of hydrogen-bond donors (Lipinski definition) is 2. The van der Waals surface area contributed by atoms with Crippen molar-refractivity contribution in [2.45, 2.75) is 69.9 Å². The van der Waals surface area contributed by atoms with Gasteiger partial charge < -0.3 is 20.1 Å². The first-order valence-corrected chi connectivity index (χ1v) is 10.0. The molecule has 0 bridgehead atoms. The van der Waals surface area contributed by atoms with Crippen LogP contribution >= 0.6 is 24.0 Å². The third-order valence-corrected chi connectivity index (χ3v) is 5.73. The van der Waals surface area contributed by atoms with Crippen molar-refractivity contribution in [2.24, 2.45) is 16.8 Å². The zero-order valence-corrected chi connectivity index (χ0v) is 18.0. The average molecular weight is 465 g/mol. The van der Waals surface area contributed by atoms with Gasteiger partial charge in [-0.25, -0.2) is 0 Å². The smallest absolute Gasteiger partial charge is 0.191 e. The Balaban J connectivity index is 0.00000225. The highest BCUT2D eigenvalue weighted by Crippen LogP contribution is 2.44. The van der Waals surface area contributed by atoms with Crippen molar-refractivity contribution in [3.8, 4) is 0 Å². The number of guanidine groups is 1. The molecule has 1 aliphatic heterocycles. The number of hydrogen-bond acceptors (Lipinski definition) is 3. The fourth-order valence-electron chi connectivity index (χ4n) is 4.21. The molecule has 0 radical (unpaired) electrons. The molecule has 3 unspecified atom stereocenters. The van der Waals surface area contributed by atoms with E-state index >= 15 is 0 Å². The van der Waals surface area contributed by atoms with Crippen molar-refractivity contribution in [1.29, 1.82) is 0 Å². The van der Waals surface area contributed by atoms with Crippen LogP contribution in [0.2, 0.25) is 0 Å². The largest absolute Gasteiger partial charge is 0.379 e. The first kappa shape index (κ1) is 21.2. The molecule has 5 nitrogen and oxygen atoms in total. The van der Waals surface area contributed by atoms with Gasteiger partial charge in [0.25, 0.3) is 0 Å². The monoisotopic (exact) mass is 465 g/mol. The van der Waals surface area contributed by atoms with Crippen LogP contribution in [0.4, 0.5) is 0 Å². The summed E-state index contributed by atoms with van der Waals surface area (Å²) in [6, 6.07) is 0.648. The fraction of sp³-hybridized carbons (Fsp3) is 0.947. The van der Waals surface area contributed by atoms with Crippen molar-refractivity contribution in [3.05, 3.63) is 0 Å². The summed E-state index contributed by atoms with van der Waals surface area (Å²) in [4.78, 5) is 4.36. The Bertz CT molecular complexity index is 396. The lowest BCUT2D eigenvalue weighted by Crippen LogP contribution is -2.40. The molecule has 3 rings (SSSR count). The number of halogens is 1. The number of ether oxygens (including phenoxy) is 2. The molecule has 0 aromatic rings.